The van der Waals surface area contributed by atoms with E-state index in [2.05, 4.69) is 26.7 Å². The molecule has 0 saturated carbocycles. The Hall–Kier alpha value is -6.01. The van der Waals surface area contributed by atoms with E-state index in [1.54, 1.807) is 30.3 Å². The number of nitrogens with two attached hydrogens (primary N) is 1. The average Bonchev–Trinajstić information content (AvgIpc) is 3.15. The van der Waals surface area contributed by atoms with Crippen LogP contribution in [0.3, 0.4) is 0 Å². The Morgan fingerprint density at radius 2 is 1.06 bits per heavy atom. The van der Waals surface area contributed by atoms with Gasteiger partial charge in [-0.1, -0.05) is 135 Å². The van der Waals surface area contributed by atoms with Crippen LogP contribution in [0.4, 0.5) is 4.79 Å². The van der Waals surface area contributed by atoms with E-state index in [1.165, 1.54) is 0 Å². The van der Waals surface area contributed by atoms with Crippen LogP contribution in [0.5, 0.6) is 0 Å². The molecule has 0 fully saturated rings. The topological polar surface area (TPSA) is 192 Å². The molecular formula is C40H46N6O6. The second-order valence-corrected chi connectivity index (χ2v) is 12.9. The molecule has 3 atom stereocenters. The fourth-order valence-electron chi connectivity index (χ4n) is 6.15. The third-order valence-electron chi connectivity index (χ3n) is 8.62. The fraction of sp³-hybridized carbons (Fsp3) is 0.275. The summed E-state index contributed by atoms with van der Waals surface area (Å²) in [6.45, 7) is 3.68. The number of hydrogen-bond acceptors (Lipinski definition) is 6. The van der Waals surface area contributed by atoms with E-state index >= 15 is 0 Å². The van der Waals surface area contributed by atoms with Crippen LogP contribution in [-0.2, 0) is 31.1 Å². The van der Waals surface area contributed by atoms with Crippen molar-refractivity contribution in [2.45, 2.75) is 63.2 Å². The van der Waals surface area contributed by atoms with Gasteiger partial charge < -0.3 is 26.4 Å². The molecule has 8 N–H and O–H groups in total. The van der Waals surface area contributed by atoms with Crippen molar-refractivity contribution in [1.29, 1.82) is 0 Å². The molecule has 3 unspecified atom stereocenters. The van der Waals surface area contributed by atoms with Crippen molar-refractivity contribution in [2.75, 3.05) is 0 Å². The maximum Gasteiger partial charge on any atom is 0.405 e. The minimum absolute atomic E-state index is 0.0304. The van der Waals surface area contributed by atoms with E-state index in [-0.39, 0.29) is 31.6 Å². The van der Waals surface area contributed by atoms with Gasteiger partial charge >= 0.3 is 6.09 Å². The van der Waals surface area contributed by atoms with E-state index in [0.717, 1.165) is 16.7 Å². The molecule has 0 aliphatic rings. The van der Waals surface area contributed by atoms with Crippen molar-refractivity contribution in [1.82, 2.24) is 26.7 Å². The molecule has 0 aromatic heterocycles. The zero-order valence-corrected chi connectivity index (χ0v) is 29.3. The number of carboxylic acid groups (broad SMARTS) is 1. The van der Waals surface area contributed by atoms with E-state index in [4.69, 9.17) is 5.84 Å². The molecule has 0 aliphatic carbocycles. The molecular weight excluding hydrogens is 660 g/mol. The number of nitrogens with one attached hydrogen (secondary N) is 5. The van der Waals surface area contributed by atoms with Gasteiger partial charge in [0.05, 0.1) is 0 Å². The monoisotopic (exact) mass is 706 g/mol. The minimum Gasteiger partial charge on any atom is -0.465 e. The summed E-state index contributed by atoms with van der Waals surface area (Å²) < 4.78 is 0. The van der Waals surface area contributed by atoms with Gasteiger partial charge in [-0.2, -0.15) is 0 Å². The maximum absolute atomic E-state index is 14.0. The predicted molar refractivity (Wildman–Crippen MR) is 197 cm³/mol. The van der Waals surface area contributed by atoms with Crippen LogP contribution in [0.2, 0.25) is 0 Å². The number of hydrogen-bond donors (Lipinski definition) is 7. The highest BCUT2D eigenvalue weighted by atomic mass is 16.4. The zero-order valence-electron chi connectivity index (χ0n) is 29.3. The van der Waals surface area contributed by atoms with Gasteiger partial charge in [0, 0.05) is 12.8 Å². The molecule has 0 saturated heterocycles. The Labute approximate surface area is 303 Å². The van der Waals surface area contributed by atoms with Gasteiger partial charge in [0.25, 0.3) is 5.91 Å². The number of carbonyl (C=O) groups excluding carboxylic acids is 4. The lowest BCUT2D eigenvalue weighted by Crippen LogP contribution is -2.58. The summed E-state index contributed by atoms with van der Waals surface area (Å²) in [4.78, 5) is 65.6. The zero-order chi connectivity index (χ0) is 37.5. The van der Waals surface area contributed by atoms with E-state index in [0.29, 0.717) is 5.56 Å². The lowest BCUT2D eigenvalue weighted by atomic mass is 9.77. The number of rotatable bonds is 17. The molecule has 0 radical (unpaired) electrons. The van der Waals surface area contributed by atoms with Gasteiger partial charge in [-0.15, -0.1) is 0 Å². The van der Waals surface area contributed by atoms with Gasteiger partial charge in [0.15, 0.2) is 0 Å². The Kier molecular flexibility index (Phi) is 14.0. The Morgan fingerprint density at radius 3 is 1.50 bits per heavy atom. The standard InChI is InChI=1S/C40H46N6O6/c1-27(2)25-33(44-39(51)52)36(48)43-34(26-28-15-7-3-8-16-28)37(49)42-32(38(50)46-41)23-24-35(47)45-40(29-17-9-4-10-18-29,30-19-11-5-12-20-30)31-21-13-6-14-22-31/h3-22,27,32-34,44H,23-26,41H2,1-2H3,(H,42,49)(H,43,48)(H,45,47)(H,46,50)(H,51,52). The summed E-state index contributed by atoms with van der Waals surface area (Å²) in [5, 5.41) is 20.1. The summed E-state index contributed by atoms with van der Waals surface area (Å²) >= 11 is 0. The number of amides is 5. The molecule has 0 bridgehead atoms. The molecule has 0 aliphatic heterocycles. The second kappa shape index (κ2) is 18.8. The number of hydrazine groups is 1. The second-order valence-electron chi connectivity index (χ2n) is 12.9. The van der Waals surface area contributed by atoms with Gasteiger partial charge in [0.2, 0.25) is 17.7 Å². The number of carbonyl (C=O) groups is 5. The minimum atomic E-state index is -1.38. The number of benzene rings is 4. The molecule has 4 aromatic rings. The third-order valence-corrected chi connectivity index (χ3v) is 8.62. The molecule has 52 heavy (non-hydrogen) atoms. The van der Waals surface area contributed by atoms with Crippen LogP contribution in [-0.4, -0.2) is 53.0 Å². The van der Waals surface area contributed by atoms with Crippen LogP contribution in [0.1, 0.15) is 55.4 Å². The first-order chi connectivity index (χ1) is 25.0. The van der Waals surface area contributed by atoms with Crippen molar-refractivity contribution in [2.24, 2.45) is 11.8 Å². The molecule has 0 spiro atoms. The molecule has 4 aromatic carbocycles. The van der Waals surface area contributed by atoms with Gasteiger partial charge in [-0.25, -0.2) is 10.6 Å². The lowest BCUT2D eigenvalue weighted by molar-refractivity contribution is -0.133. The van der Waals surface area contributed by atoms with Crippen LogP contribution in [0.15, 0.2) is 121 Å². The maximum atomic E-state index is 14.0. The summed E-state index contributed by atoms with van der Waals surface area (Å²) in [5.41, 5.74) is 4.15. The average molecular weight is 707 g/mol. The smallest absolute Gasteiger partial charge is 0.405 e. The van der Waals surface area contributed by atoms with Crippen LogP contribution in [0.25, 0.3) is 0 Å². The molecule has 12 nitrogen and oxygen atoms in total. The molecule has 12 heteroatoms. The Balaban J connectivity index is 1.58. The van der Waals surface area contributed by atoms with Gasteiger partial charge in [-0.3, -0.25) is 24.6 Å². The van der Waals surface area contributed by atoms with Crippen molar-refractivity contribution in [3.8, 4) is 0 Å². The fourth-order valence-corrected chi connectivity index (χ4v) is 6.15. The van der Waals surface area contributed by atoms with Crippen LogP contribution in [0, 0.1) is 5.92 Å². The van der Waals surface area contributed by atoms with Crippen LogP contribution < -0.4 is 32.5 Å². The summed E-state index contributed by atoms with van der Waals surface area (Å²) in [6.07, 6.45) is -1.44. The van der Waals surface area contributed by atoms with Gasteiger partial charge in [0.1, 0.15) is 23.7 Å². The molecule has 0 heterocycles. The van der Waals surface area contributed by atoms with Crippen molar-refractivity contribution in [3.05, 3.63) is 144 Å². The van der Waals surface area contributed by atoms with E-state index in [1.807, 2.05) is 105 Å². The van der Waals surface area contributed by atoms with E-state index < -0.39 is 53.4 Å². The van der Waals surface area contributed by atoms with Crippen molar-refractivity contribution < 1.29 is 29.1 Å². The summed E-state index contributed by atoms with van der Waals surface area (Å²) in [7, 11) is 0. The quantitative estimate of drug-likeness (QED) is 0.0376. The summed E-state index contributed by atoms with van der Waals surface area (Å²) in [6, 6.07) is 34.0. The normalized spacial score (nSPS) is 12.8. The predicted octanol–water partition coefficient (Wildman–Crippen LogP) is 3.76. The molecule has 4 rings (SSSR count). The summed E-state index contributed by atoms with van der Waals surface area (Å²) in [5.74, 6) is 2.95. The highest BCUT2D eigenvalue weighted by Crippen LogP contribution is 2.37. The van der Waals surface area contributed by atoms with Crippen molar-refractivity contribution >= 4 is 29.7 Å². The Bertz CT molecular complexity index is 1680. The Morgan fingerprint density at radius 1 is 0.615 bits per heavy atom. The lowest BCUT2D eigenvalue weighted by Gasteiger charge is -2.37. The first-order valence-electron chi connectivity index (χ1n) is 17.2. The molecule has 5 amide bonds. The molecule has 272 valence electrons. The SMILES string of the molecule is CC(C)CC(NC(=O)O)C(=O)NC(Cc1ccccc1)C(=O)NC(CCC(=O)NC(c1ccccc1)(c1ccccc1)c1ccccc1)C(=O)NN. The van der Waals surface area contributed by atoms with Crippen LogP contribution >= 0.6 is 0 Å². The first kappa shape index (κ1) is 38.8. The highest BCUT2D eigenvalue weighted by molar-refractivity contribution is 5.94. The van der Waals surface area contributed by atoms with Crippen molar-refractivity contribution in [3.63, 3.8) is 0 Å². The van der Waals surface area contributed by atoms with Gasteiger partial charge in [-0.05, 0) is 41.0 Å². The highest BCUT2D eigenvalue weighted by Gasteiger charge is 2.38. The largest absolute Gasteiger partial charge is 0.465 e. The first-order valence-corrected chi connectivity index (χ1v) is 17.2. The van der Waals surface area contributed by atoms with E-state index in [9.17, 15) is 29.1 Å². The third kappa shape index (κ3) is 10.5.